The second-order valence-corrected chi connectivity index (χ2v) is 5.32. The third-order valence-electron chi connectivity index (χ3n) is 3.11. The van der Waals surface area contributed by atoms with Crippen LogP contribution in [0, 0.1) is 0 Å². The van der Waals surface area contributed by atoms with Crippen LogP contribution < -0.4 is 9.47 Å². The predicted molar refractivity (Wildman–Crippen MR) is 86.3 cm³/mol. The maximum atomic E-state index is 12.1. The summed E-state index contributed by atoms with van der Waals surface area (Å²) in [5.74, 6) is 0.393. The number of hydrogen-bond acceptors (Lipinski definition) is 6. The average molecular weight is 345 g/mol. The molecule has 2 aromatic carbocycles. The van der Waals surface area contributed by atoms with Crippen molar-refractivity contribution in [3.8, 4) is 17.2 Å². The number of carbonyl (C=O) groups is 1. The van der Waals surface area contributed by atoms with Gasteiger partial charge < -0.3 is 9.47 Å². The molecule has 0 bridgehead atoms. The zero-order chi connectivity index (χ0) is 16.9. The lowest BCUT2D eigenvalue weighted by Gasteiger charge is -2.14. The van der Waals surface area contributed by atoms with Crippen LogP contribution in [0.15, 0.2) is 54.9 Å². The number of carbonyl (C=O) groups excluding carboxylic acids is 1. The van der Waals surface area contributed by atoms with E-state index in [0.717, 1.165) is 5.69 Å². The molecule has 0 saturated heterocycles. The van der Waals surface area contributed by atoms with Gasteiger partial charge in [0.15, 0.2) is 6.10 Å². The predicted octanol–water partition coefficient (Wildman–Crippen LogP) is 2.69. The molecule has 122 valence electrons. The van der Waals surface area contributed by atoms with Gasteiger partial charge in [-0.05, 0) is 59.8 Å². The monoisotopic (exact) mass is 344 g/mol. The van der Waals surface area contributed by atoms with Crippen molar-refractivity contribution in [1.29, 1.82) is 0 Å². The van der Waals surface area contributed by atoms with Crippen LogP contribution in [0.4, 0.5) is 0 Å². The molecule has 1 atom stereocenters. The smallest absolute Gasteiger partial charge is 0.352 e. The van der Waals surface area contributed by atoms with Crippen molar-refractivity contribution in [2.24, 2.45) is 0 Å². The highest BCUT2D eigenvalue weighted by Gasteiger charge is 2.17. The molecule has 0 N–H and O–H groups in total. The molecular weight excluding hydrogens is 332 g/mol. The van der Waals surface area contributed by atoms with Gasteiger partial charge in [-0.3, -0.25) is 0 Å². The maximum absolute atomic E-state index is 12.1. The number of ether oxygens (including phenoxy) is 2. The Morgan fingerprint density at radius 2 is 1.96 bits per heavy atom. The maximum Gasteiger partial charge on any atom is 0.352 e. The van der Waals surface area contributed by atoms with Crippen LogP contribution in [-0.2, 0) is 4.79 Å². The third kappa shape index (κ3) is 3.88. The van der Waals surface area contributed by atoms with E-state index in [1.165, 1.54) is 11.0 Å². The summed E-state index contributed by atoms with van der Waals surface area (Å²) in [4.78, 5) is 12.1. The summed E-state index contributed by atoms with van der Waals surface area (Å²) in [6.07, 6.45) is 0.699. The Morgan fingerprint density at radius 3 is 2.62 bits per heavy atom. The number of tetrazole rings is 1. The summed E-state index contributed by atoms with van der Waals surface area (Å²) >= 11 is 5.88. The SMILES string of the molecule is CC(Oc1cccc(Cl)c1)C(=O)Oc1ccc(-n2cnnn2)cc1. The molecule has 0 amide bonds. The zero-order valence-corrected chi connectivity index (χ0v) is 13.4. The fraction of sp³-hybridized carbons (Fsp3) is 0.125. The molecule has 1 unspecified atom stereocenters. The average Bonchev–Trinajstić information content (AvgIpc) is 3.10. The molecule has 0 fully saturated rings. The van der Waals surface area contributed by atoms with Gasteiger partial charge in [0, 0.05) is 5.02 Å². The largest absolute Gasteiger partial charge is 0.479 e. The molecule has 0 spiro atoms. The molecule has 1 aromatic heterocycles. The number of nitrogens with zero attached hydrogens (tertiary/aromatic N) is 4. The number of rotatable bonds is 5. The summed E-state index contributed by atoms with van der Waals surface area (Å²) in [6.45, 7) is 1.61. The van der Waals surface area contributed by atoms with E-state index in [-0.39, 0.29) is 0 Å². The summed E-state index contributed by atoms with van der Waals surface area (Å²) in [5.41, 5.74) is 0.753. The lowest BCUT2D eigenvalue weighted by Crippen LogP contribution is -2.28. The molecule has 0 aliphatic rings. The van der Waals surface area contributed by atoms with Crippen molar-refractivity contribution in [1.82, 2.24) is 20.2 Å². The fourth-order valence-electron chi connectivity index (χ4n) is 1.94. The Bertz CT molecular complexity index is 822. The van der Waals surface area contributed by atoms with Gasteiger partial charge in [-0.15, -0.1) is 5.10 Å². The van der Waals surface area contributed by atoms with Gasteiger partial charge in [-0.2, -0.15) is 0 Å². The number of hydrogen-bond donors (Lipinski definition) is 0. The number of esters is 1. The van der Waals surface area contributed by atoms with Crippen molar-refractivity contribution in [2.45, 2.75) is 13.0 Å². The highest BCUT2D eigenvalue weighted by molar-refractivity contribution is 6.30. The normalized spacial score (nSPS) is 11.8. The van der Waals surface area contributed by atoms with Crippen molar-refractivity contribution in [3.63, 3.8) is 0 Å². The van der Waals surface area contributed by atoms with E-state index < -0.39 is 12.1 Å². The molecule has 0 radical (unpaired) electrons. The van der Waals surface area contributed by atoms with Crippen LogP contribution in [0.1, 0.15) is 6.92 Å². The highest BCUT2D eigenvalue weighted by atomic mass is 35.5. The summed E-state index contributed by atoms with van der Waals surface area (Å²) < 4.78 is 12.3. The number of aromatic nitrogens is 4. The van der Waals surface area contributed by atoms with E-state index in [1.807, 2.05) is 0 Å². The molecule has 3 aromatic rings. The minimum absolute atomic E-state index is 0.401. The van der Waals surface area contributed by atoms with Crippen LogP contribution in [0.5, 0.6) is 11.5 Å². The molecule has 0 saturated carbocycles. The quantitative estimate of drug-likeness (QED) is 0.523. The lowest BCUT2D eigenvalue weighted by molar-refractivity contribution is -0.141. The van der Waals surface area contributed by atoms with E-state index in [2.05, 4.69) is 15.5 Å². The standard InChI is InChI=1S/C16H13ClN4O3/c1-11(23-15-4-2-3-12(17)9-15)16(22)24-14-7-5-13(6-8-14)21-10-18-19-20-21/h2-11H,1H3. The molecule has 0 aliphatic carbocycles. The molecule has 24 heavy (non-hydrogen) atoms. The summed E-state index contributed by atoms with van der Waals surface area (Å²) in [6, 6.07) is 13.6. The zero-order valence-electron chi connectivity index (χ0n) is 12.7. The van der Waals surface area contributed by atoms with Gasteiger partial charge in [0.1, 0.15) is 17.8 Å². The molecule has 0 aliphatic heterocycles. The second-order valence-electron chi connectivity index (χ2n) is 4.89. The van der Waals surface area contributed by atoms with Crippen molar-refractivity contribution < 1.29 is 14.3 Å². The van der Waals surface area contributed by atoms with Crippen LogP contribution in [0.3, 0.4) is 0 Å². The lowest BCUT2D eigenvalue weighted by atomic mass is 10.3. The number of benzene rings is 2. The number of halogens is 1. The molecule has 7 nitrogen and oxygen atoms in total. The molecule has 3 rings (SSSR count). The Labute approximate surface area is 142 Å². The van der Waals surface area contributed by atoms with E-state index in [9.17, 15) is 4.79 Å². The van der Waals surface area contributed by atoms with Gasteiger partial charge in [0.25, 0.3) is 0 Å². The fourth-order valence-corrected chi connectivity index (χ4v) is 2.12. The minimum atomic E-state index is -0.775. The Balaban J connectivity index is 1.61. The first-order chi connectivity index (χ1) is 11.6. The Morgan fingerprint density at radius 1 is 1.17 bits per heavy atom. The first-order valence-corrected chi connectivity index (χ1v) is 7.47. The van der Waals surface area contributed by atoms with Gasteiger partial charge in [-0.25, -0.2) is 9.48 Å². The Kier molecular flexibility index (Phi) is 4.72. The van der Waals surface area contributed by atoms with E-state index >= 15 is 0 Å². The van der Waals surface area contributed by atoms with E-state index in [0.29, 0.717) is 16.5 Å². The van der Waals surface area contributed by atoms with Crippen molar-refractivity contribution >= 4 is 17.6 Å². The first kappa shape index (κ1) is 15.9. The van der Waals surface area contributed by atoms with Crippen LogP contribution in [0.25, 0.3) is 5.69 Å². The topological polar surface area (TPSA) is 79.1 Å². The van der Waals surface area contributed by atoms with Crippen molar-refractivity contribution in [2.75, 3.05) is 0 Å². The Hall–Kier alpha value is -2.93. The second kappa shape index (κ2) is 7.10. The van der Waals surface area contributed by atoms with E-state index in [1.54, 1.807) is 55.5 Å². The molecule has 1 heterocycles. The van der Waals surface area contributed by atoms with Gasteiger partial charge >= 0.3 is 5.97 Å². The van der Waals surface area contributed by atoms with Crippen molar-refractivity contribution in [3.05, 3.63) is 59.9 Å². The van der Waals surface area contributed by atoms with Gasteiger partial charge in [-0.1, -0.05) is 17.7 Å². The highest BCUT2D eigenvalue weighted by Crippen LogP contribution is 2.19. The summed E-state index contributed by atoms with van der Waals surface area (Å²) in [5, 5.41) is 11.4. The molecule has 8 heteroatoms. The van der Waals surface area contributed by atoms with Crippen LogP contribution in [-0.4, -0.2) is 32.3 Å². The van der Waals surface area contributed by atoms with Gasteiger partial charge in [0.2, 0.25) is 0 Å². The summed E-state index contributed by atoms with van der Waals surface area (Å²) in [7, 11) is 0. The minimum Gasteiger partial charge on any atom is -0.479 e. The third-order valence-corrected chi connectivity index (χ3v) is 3.34. The first-order valence-electron chi connectivity index (χ1n) is 7.09. The van der Waals surface area contributed by atoms with Gasteiger partial charge in [0.05, 0.1) is 5.69 Å². The molecular formula is C16H13ClN4O3. The van der Waals surface area contributed by atoms with Crippen LogP contribution >= 0.6 is 11.6 Å². The van der Waals surface area contributed by atoms with Crippen LogP contribution in [0.2, 0.25) is 5.02 Å². The van der Waals surface area contributed by atoms with E-state index in [4.69, 9.17) is 21.1 Å².